The third-order valence-electron chi connectivity index (χ3n) is 3.70. The summed E-state index contributed by atoms with van der Waals surface area (Å²) in [5.74, 6) is 0.473. The number of benzene rings is 1. The van der Waals surface area contributed by atoms with Crippen molar-refractivity contribution in [2.24, 2.45) is 0 Å². The van der Waals surface area contributed by atoms with Crippen LogP contribution in [-0.2, 0) is 16.0 Å². The molecule has 0 amide bonds. The first-order valence-electron chi connectivity index (χ1n) is 7.02. The predicted molar refractivity (Wildman–Crippen MR) is 78.0 cm³/mol. The van der Waals surface area contributed by atoms with Gasteiger partial charge in [0, 0.05) is 6.07 Å². The van der Waals surface area contributed by atoms with Crippen molar-refractivity contribution >= 4 is 10.9 Å². The van der Waals surface area contributed by atoms with E-state index in [0.717, 1.165) is 10.9 Å². The summed E-state index contributed by atoms with van der Waals surface area (Å²) >= 11 is 0. The van der Waals surface area contributed by atoms with Crippen LogP contribution in [0.25, 0.3) is 10.9 Å². The average Bonchev–Trinajstić information content (AvgIpc) is 2.94. The first-order valence-corrected chi connectivity index (χ1v) is 7.02. The third-order valence-corrected chi connectivity index (χ3v) is 3.70. The van der Waals surface area contributed by atoms with Crippen LogP contribution in [0.1, 0.15) is 25.3 Å². The number of fused-ring (bicyclic) bond motifs is 1. The Morgan fingerprint density at radius 2 is 1.95 bits per heavy atom. The maximum Gasteiger partial charge on any atom is 0.251 e. The molecule has 2 aromatic rings. The van der Waals surface area contributed by atoms with Gasteiger partial charge in [-0.3, -0.25) is 4.79 Å². The molecule has 0 radical (unpaired) electrons. The van der Waals surface area contributed by atoms with Crippen LogP contribution in [0.3, 0.4) is 0 Å². The van der Waals surface area contributed by atoms with Crippen molar-refractivity contribution in [2.45, 2.75) is 32.6 Å². The molecular weight excluding hydrogens is 254 g/mol. The zero-order valence-electron chi connectivity index (χ0n) is 11.8. The normalized spacial score (nSPS) is 16.4. The Morgan fingerprint density at radius 1 is 1.20 bits per heavy atom. The van der Waals surface area contributed by atoms with Crippen molar-refractivity contribution in [1.82, 2.24) is 4.57 Å². The lowest BCUT2D eigenvalue weighted by molar-refractivity contribution is -0.0522. The summed E-state index contributed by atoms with van der Waals surface area (Å²) in [7, 11) is 0. The van der Waals surface area contributed by atoms with Crippen LogP contribution in [0.15, 0.2) is 35.1 Å². The van der Waals surface area contributed by atoms with Crippen molar-refractivity contribution in [1.29, 1.82) is 0 Å². The molecule has 106 valence electrons. The molecule has 0 atom stereocenters. The van der Waals surface area contributed by atoms with Gasteiger partial charge < -0.3 is 14.0 Å². The third kappa shape index (κ3) is 2.49. The standard InChI is InChI=1S/C16H19NO3/c1-11(2)12-3-5-14-13(9-12)4-6-15(18)17(14)10-16-19-7-8-20-16/h3-6,9,11,16H,7-8,10H2,1-2H3. The second-order valence-corrected chi connectivity index (χ2v) is 5.43. The SMILES string of the molecule is CC(C)c1ccc2c(ccc(=O)n2CC2OCCO2)c1. The van der Waals surface area contributed by atoms with Gasteiger partial charge in [-0.15, -0.1) is 0 Å². The maximum atomic E-state index is 12.1. The lowest BCUT2D eigenvalue weighted by atomic mass is 10.0. The van der Waals surface area contributed by atoms with E-state index in [1.54, 1.807) is 10.6 Å². The highest BCUT2D eigenvalue weighted by Crippen LogP contribution is 2.21. The van der Waals surface area contributed by atoms with E-state index < -0.39 is 0 Å². The minimum absolute atomic E-state index is 0.0195. The van der Waals surface area contributed by atoms with E-state index in [9.17, 15) is 4.79 Å². The summed E-state index contributed by atoms with van der Waals surface area (Å²) in [6.07, 6.45) is -0.317. The maximum absolute atomic E-state index is 12.1. The van der Waals surface area contributed by atoms with Gasteiger partial charge in [-0.05, 0) is 35.1 Å². The zero-order valence-corrected chi connectivity index (χ0v) is 11.8. The molecule has 1 aromatic heterocycles. The Labute approximate surface area is 117 Å². The molecule has 4 heteroatoms. The van der Waals surface area contributed by atoms with Gasteiger partial charge in [-0.1, -0.05) is 19.9 Å². The highest BCUT2D eigenvalue weighted by molar-refractivity contribution is 5.79. The lowest BCUT2D eigenvalue weighted by Gasteiger charge is -2.15. The van der Waals surface area contributed by atoms with Gasteiger partial charge >= 0.3 is 0 Å². The highest BCUT2D eigenvalue weighted by Gasteiger charge is 2.18. The van der Waals surface area contributed by atoms with E-state index >= 15 is 0 Å². The topological polar surface area (TPSA) is 40.5 Å². The predicted octanol–water partition coefficient (Wildman–Crippen LogP) is 2.50. The number of aromatic nitrogens is 1. The molecule has 1 fully saturated rings. The fourth-order valence-corrected chi connectivity index (χ4v) is 2.53. The zero-order chi connectivity index (χ0) is 14.1. The Balaban J connectivity index is 2.05. The van der Waals surface area contributed by atoms with E-state index in [-0.39, 0.29) is 11.8 Å². The fraction of sp³-hybridized carbons (Fsp3) is 0.438. The smallest absolute Gasteiger partial charge is 0.251 e. The molecule has 0 aliphatic carbocycles. The van der Waals surface area contributed by atoms with Crippen molar-refractivity contribution in [3.05, 3.63) is 46.2 Å². The van der Waals surface area contributed by atoms with Crippen LogP contribution in [0, 0.1) is 0 Å². The first kappa shape index (κ1) is 13.3. The van der Waals surface area contributed by atoms with Crippen LogP contribution in [0.4, 0.5) is 0 Å². The minimum atomic E-state index is -0.317. The highest BCUT2D eigenvalue weighted by atomic mass is 16.7. The Bertz CT molecular complexity index is 669. The van der Waals surface area contributed by atoms with Crippen molar-refractivity contribution < 1.29 is 9.47 Å². The summed E-state index contributed by atoms with van der Waals surface area (Å²) < 4.78 is 12.6. The van der Waals surface area contributed by atoms with Crippen LogP contribution in [0.5, 0.6) is 0 Å². The number of rotatable bonds is 3. The Hall–Kier alpha value is -1.65. The number of hydrogen-bond donors (Lipinski definition) is 0. The second-order valence-electron chi connectivity index (χ2n) is 5.43. The van der Waals surface area contributed by atoms with Gasteiger partial charge in [0.05, 0.1) is 25.3 Å². The first-order chi connectivity index (χ1) is 9.65. The molecular formula is C16H19NO3. The molecule has 1 aromatic carbocycles. The number of ether oxygens (including phenoxy) is 2. The van der Waals surface area contributed by atoms with Crippen LogP contribution in [-0.4, -0.2) is 24.1 Å². The number of hydrogen-bond acceptors (Lipinski definition) is 3. The molecule has 0 spiro atoms. The summed E-state index contributed by atoms with van der Waals surface area (Å²) in [5, 5.41) is 1.08. The van der Waals surface area contributed by atoms with Crippen LogP contribution >= 0.6 is 0 Å². The Kier molecular flexibility index (Phi) is 3.59. The van der Waals surface area contributed by atoms with E-state index in [1.165, 1.54) is 5.56 Å². The van der Waals surface area contributed by atoms with Crippen LogP contribution in [0.2, 0.25) is 0 Å². The van der Waals surface area contributed by atoms with Gasteiger partial charge in [0.25, 0.3) is 5.56 Å². The average molecular weight is 273 g/mol. The molecule has 0 saturated carbocycles. The van der Waals surface area contributed by atoms with Crippen molar-refractivity contribution in [2.75, 3.05) is 13.2 Å². The van der Waals surface area contributed by atoms with Crippen molar-refractivity contribution in [3.8, 4) is 0 Å². The van der Waals surface area contributed by atoms with Gasteiger partial charge in [0.2, 0.25) is 0 Å². The van der Waals surface area contributed by atoms with E-state index in [0.29, 0.717) is 25.7 Å². The molecule has 0 bridgehead atoms. The molecule has 4 nitrogen and oxygen atoms in total. The van der Waals surface area contributed by atoms with E-state index in [1.807, 2.05) is 12.1 Å². The molecule has 1 saturated heterocycles. The van der Waals surface area contributed by atoms with Gasteiger partial charge in [-0.25, -0.2) is 0 Å². The quantitative estimate of drug-likeness (QED) is 0.862. The van der Waals surface area contributed by atoms with Gasteiger partial charge in [0.15, 0.2) is 6.29 Å². The molecule has 1 aliphatic rings. The van der Waals surface area contributed by atoms with Crippen molar-refractivity contribution in [3.63, 3.8) is 0 Å². The van der Waals surface area contributed by atoms with Gasteiger partial charge in [0.1, 0.15) is 0 Å². The molecule has 3 rings (SSSR count). The second kappa shape index (κ2) is 5.38. The number of pyridine rings is 1. The van der Waals surface area contributed by atoms with Crippen LogP contribution < -0.4 is 5.56 Å². The summed E-state index contributed by atoms with van der Waals surface area (Å²) in [5.41, 5.74) is 2.19. The van der Waals surface area contributed by atoms with E-state index in [4.69, 9.17) is 9.47 Å². The summed E-state index contributed by atoms with van der Waals surface area (Å²) in [6.45, 7) is 5.97. The fourth-order valence-electron chi connectivity index (χ4n) is 2.53. The Morgan fingerprint density at radius 3 is 2.65 bits per heavy atom. The minimum Gasteiger partial charge on any atom is -0.348 e. The monoisotopic (exact) mass is 273 g/mol. The van der Waals surface area contributed by atoms with E-state index in [2.05, 4.69) is 26.0 Å². The summed E-state index contributed by atoms with van der Waals surface area (Å²) in [6, 6.07) is 9.74. The molecule has 1 aliphatic heterocycles. The largest absolute Gasteiger partial charge is 0.348 e. The molecule has 2 heterocycles. The number of nitrogens with zero attached hydrogens (tertiary/aromatic N) is 1. The molecule has 20 heavy (non-hydrogen) atoms. The molecule has 0 N–H and O–H groups in total. The van der Waals surface area contributed by atoms with Gasteiger partial charge in [-0.2, -0.15) is 0 Å². The summed E-state index contributed by atoms with van der Waals surface area (Å²) in [4.78, 5) is 12.1. The molecule has 0 unspecified atom stereocenters. The lowest BCUT2D eigenvalue weighted by Crippen LogP contribution is -2.26.